The lowest BCUT2D eigenvalue weighted by Crippen LogP contribution is -2.37. The number of benzene rings is 1. The van der Waals surface area contributed by atoms with Crippen LogP contribution in [-0.2, 0) is 11.2 Å². The van der Waals surface area contributed by atoms with Crippen molar-refractivity contribution in [3.63, 3.8) is 0 Å². The zero-order chi connectivity index (χ0) is 11.7. The molecule has 0 saturated carbocycles. The average molecular weight is 231 g/mol. The molecule has 17 heavy (non-hydrogen) atoms. The van der Waals surface area contributed by atoms with Crippen LogP contribution in [0.2, 0.25) is 0 Å². The van der Waals surface area contributed by atoms with E-state index in [-0.39, 0.29) is 0 Å². The topological polar surface area (TPSA) is 32.7 Å². The number of rotatable bonds is 1. The molecule has 90 valence electrons. The minimum atomic E-state index is 0.466. The molecular weight excluding hydrogens is 214 g/mol. The number of ether oxygens (including phenoxy) is 1. The molecule has 0 aromatic heterocycles. The van der Waals surface area contributed by atoms with Gasteiger partial charge in [0, 0.05) is 18.7 Å². The lowest BCUT2D eigenvalue weighted by atomic mass is 9.93. The van der Waals surface area contributed by atoms with E-state index in [1.54, 1.807) is 0 Å². The van der Waals surface area contributed by atoms with Crippen molar-refractivity contribution in [1.82, 2.24) is 4.90 Å². The molecule has 1 aromatic carbocycles. The zero-order valence-electron chi connectivity index (χ0n) is 9.85. The number of hydrogen-bond acceptors (Lipinski definition) is 3. The Morgan fingerprint density at radius 2 is 1.82 bits per heavy atom. The summed E-state index contributed by atoms with van der Waals surface area (Å²) in [6, 6.07) is 8.12. The molecule has 1 saturated heterocycles. The second-order valence-electron chi connectivity index (χ2n) is 4.55. The van der Waals surface area contributed by atoms with Crippen molar-refractivity contribution >= 4 is 5.76 Å². The highest BCUT2D eigenvalue weighted by molar-refractivity contribution is 5.66. The number of aryl methyl sites for hydroxylation is 1. The monoisotopic (exact) mass is 231 g/mol. The largest absolute Gasteiger partial charge is 0.505 e. The average Bonchev–Trinajstić information content (AvgIpc) is 2.40. The van der Waals surface area contributed by atoms with E-state index in [4.69, 9.17) is 4.74 Å². The first kappa shape index (κ1) is 10.7. The van der Waals surface area contributed by atoms with Crippen LogP contribution in [0.15, 0.2) is 30.0 Å². The van der Waals surface area contributed by atoms with Gasteiger partial charge >= 0.3 is 0 Å². The van der Waals surface area contributed by atoms with Gasteiger partial charge in [0.15, 0.2) is 0 Å². The summed E-state index contributed by atoms with van der Waals surface area (Å²) in [6.07, 6.45) is 1.95. The van der Waals surface area contributed by atoms with Gasteiger partial charge in [0.05, 0.1) is 18.9 Å². The number of aliphatic hydroxyl groups is 1. The van der Waals surface area contributed by atoms with E-state index in [1.807, 2.05) is 18.2 Å². The number of hydrogen-bond donors (Lipinski definition) is 1. The molecule has 3 nitrogen and oxygen atoms in total. The van der Waals surface area contributed by atoms with E-state index in [9.17, 15) is 5.11 Å². The third kappa shape index (κ3) is 1.91. The first-order chi connectivity index (χ1) is 8.36. The summed E-state index contributed by atoms with van der Waals surface area (Å²) in [6.45, 7) is 3.31. The molecule has 1 N–H and O–H groups in total. The van der Waals surface area contributed by atoms with Crippen molar-refractivity contribution in [2.45, 2.75) is 12.8 Å². The van der Waals surface area contributed by atoms with Crippen LogP contribution >= 0.6 is 0 Å². The summed E-state index contributed by atoms with van der Waals surface area (Å²) in [4.78, 5) is 2.26. The fourth-order valence-electron chi connectivity index (χ4n) is 2.64. The molecule has 0 amide bonds. The molecule has 0 bridgehead atoms. The maximum atomic E-state index is 10.4. The summed E-state index contributed by atoms with van der Waals surface area (Å²) in [5.41, 5.74) is 3.34. The van der Waals surface area contributed by atoms with Crippen molar-refractivity contribution in [1.29, 1.82) is 0 Å². The molecular formula is C14H17NO2. The van der Waals surface area contributed by atoms with Crippen molar-refractivity contribution in [3.05, 3.63) is 41.1 Å². The van der Waals surface area contributed by atoms with E-state index in [1.165, 1.54) is 5.56 Å². The molecule has 1 fully saturated rings. The van der Waals surface area contributed by atoms with Crippen LogP contribution in [-0.4, -0.2) is 36.3 Å². The predicted molar refractivity (Wildman–Crippen MR) is 66.7 cm³/mol. The SMILES string of the molecule is OC1=C(N2CCOCC2)CCc2ccccc21. The Labute approximate surface area is 101 Å². The first-order valence-electron chi connectivity index (χ1n) is 6.19. The maximum absolute atomic E-state index is 10.4. The standard InChI is InChI=1S/C14H17NO2/c16-14-12-4-2-1-3-11(12)5-6-13(14)15-7-9-17-10-8-15/h1-4,16H,5-10H2. The molecule has 0 unspecified atom stereocenters. The van der Waals surface area contributed by atoms with Crippen molar-refractivity contribution in [3.8, 4) is 0 Å². The molecule has 0 atom stereocenters. The van der Waals surface area contributed by atoms with Gasteiger partial charge in [-0.05, 0) is 18.4 Å². The maximum Gasteiger partial charge on any atom is 0.142 e. The van der Waals surface area contributed by atoms with Crippen molar-refractivity contribution in [2.24, 2.45) is 0 Å². The lowest BCUT2D eigenvalue weighted by Gasteiger charge is -2.33. The van der Waals surface area contributed by atoms with Crippen LogP contribution in [0.4, 0.5) is 0 Å². The smallest absolute Gasteiger partial charge is 0.142 e. The number of morpholine rings is 1. The van der Waals surface area contributed by atoms with E-state index in [2.05, 4.69) is 11.0 Å². The van der Waals surface area contributed by atoms with Crippen LogP contribution in [0.1, 0.15) is 17.5 Å². The summed E-state index contributed by atoms with van der Waals surface area (Å²) in [7, 11) is 0. The number of fused-ring (bicyclic) bond motifs is 1. The van der Waals surface area contributed by atoms with Gasteiger partial charge in [-0.1, -0.05) is 24.3 Å². The Bertz CT molecular complexity index is 447. The highest BCUT2D eigenvalue weighted by Crippen LogP contribution is 2.31. The molecule has 1 aliphatic carbocycles. The van der Waals surface area contributed by atoms with Crippen LogP contribution in [0.25, 0.3) is 5.76 Å². The van der Waals surface area contributed by atoms with Crippen molar-refractivity contribution < 1.29 is 9.84 Å². The van der Waals surface area contributed by atoms with Gasteiger partial charge in [0.1, 0.15) is 5.76 Å². The van der Waals surface area contributed by atoms with E-state index in [0.717, 1.165) is 50.4 Å². The number of allylic oxidation sites excluding steroid dienone is 1. The summed E-state index contributed by atoms with van der Waals surface area (Å²) in [5.74, 6) is 0.466. The zero-order valence-corrected chi connectivity index (χ0v) is 9.85. The normalized spacial score (nSPS) is 20.4. The highest BCUT2D eigenvalue weighted by atomic mass is 16.5. The fraction of sp³-hybridized carbons (Fsp3) is 0.429. The third-order valence-electron chi connectivity index (χ3n) is 3.57. The molecule has 1 aliphatic heterocycles. The highest BCUT2D eigenvalue weighted by Gasteiger charge is 2.23. The Balaban J connectivity index is 1.95. The van der Waals surface area contributed by atoms with Gasteiger partial charge in [-0.15, -0.1) is 0 Å². The molecule has 0 spiro atoms. The summed E-state index contributed by atoms with van der Waals surface area (Å²) >= 11 is 0. The number of aliphatic hydroxyl groups excluding tert-OH is 1. The number of nitrogens with zero attached hydrogens (tertiary/aromatic N) is 1. The second-order valence-corrected chi connectivity index (χ2v) is 4.55. The summed E-state index contributed by atoms with van der Waals surface area (Å²) < 4.78 is 5.35. The minimum Gasteiger partial charge on any atom is -0.505 e. The van der Waals surface area contributed by atoms with Gasteiger partial charge in [0.25, 0.3) is 0 Å². The van der Waals surface area contributed by atoms with Crippen LogP contribution in [0, 0.1) is 0 Å². The van der Waals surface area contributed by atoms with E-state index >= 15 is 0 Å². The second kappa shape index (κ2) is 4.41. The Kier molecular flexibility index (Phi) is 2.77. The molecule has 3 rings (SSSR count). The summed E-state index contributed by atoms with van der Waals surface area (Å²) in [5, 5.41) is 10.4. The van der Waals surface area contributed by atoms with Gasteiger partial charge in [-0.25, -0.2) is 0 Å². The molecule has 3 heteroatoms. The molecule has 2 aliphatic rings. The minimum absolute atomic E-state index is 0.466. The Hall–Kier alpha value is -1.48. The van der Waals surface area contributed by atoms with Gasteiger partial charge in [-0.2, -0.15) is 0 Å². The van der Waals surface area contributed by atoms with Crippen LogP contribution in [0.3, 0.4) is 0 Å². The Morgan fingerprint density at radius 1 is 1.06 bits per heavy atom. The quantitative estimate of drug-likeness (QED) is 0.804. The van der Waals surface area contributed by atoms with E-state index in [0.29, 0.717) is 5.76 Å². The van der Waals surface area contributed by atoms with Gasteiger partial charge in [-0.3, -0.25) is 0 Å². The van der Waals surface area contributed by atoms with E-state index < -0.39 is 0 Å². The van der Waals surface area contributed by atoms with Gasteiger partial charge in [0.2, 0.25) is 0 Å². The molecule has 1 aromatic rings. The first-order valence-corrected chi connectivity index (χ1v) is 6.19. The third-order valence-corrected chi connectivity index (χ3v) is 3.57. The Morgan fingerprint density at radius 3 is 2.65 bits per heavy atom. The van der Waals surface area contributed by atoms with Gasteiger partial charge < -0.3 is 14.7 Å². The van der Waals surface area contributed by atoms with Crippen LogP contribution < -0.4 is 0 Å². The fourth-order valence-corrected chi connectivity index (χ4v) is 2.64. The molecule has 1 heterocycles. The van der Waals surface area contributed by atoms with Crippen LogP contribution in [0.5, 0.6) is 0 Å². The molecule has 0 radical (unpaired) electrons. The predicted octanol–water partition coefficient (Wildman–Crippen LogP) is 2.19. The van der Waals surface area contributed by atoms with Crippen molar-refractivity contribution in [2.75, 3.05) is 26.3 Å². The lowest BCUT2D eigenvalue weighted by molar-refractivity contribution is 0.0513.